The highest BCUT2D eigenvalue weighted by Gasteiger charge is 2.28. The number of carbonyl (C=O) groups excluding carboxylic acids is 1. The zero-order valence-electron chi connectivity index (χ0n) is 19.2. The summed E-state index contributed by atoms with van der Waals surface area (Å²) in [4.78, 5) is 18.7. The molecular weight excluding hydrogens is 471 g/mol. The molecule has 5 rings (SSSR count). The fourth-order valence-electron chi connectivity index (χ4n) is 4.06. The van der Waals surface area contributed by atoms with Crippen LogP contribution in [0.1, 0.15) is 40.0 Å². The first-order valence-electron chi connectivity index (χ1n) is 11.2. The van der Waals surface area contributed by atoms with Crippen LogP contribution in [0.4, 0.5) is 13.2 Å². The molecule has 0 spiro atoms. The highest BCUT2D eigenvalue weighted by molar-refractivity contribution is 5.96. The van der Waals surface area contributed by atoms with Gasteiger partial charge in [-0.2, -0.15) is 10.4 Å². The molecule has 7 nitrogen and oxygen atoms in total. The molecule has 2 heterocycles. The van der Waals surface area contributed by atoms with Gasteiger partial charge in [-0.3, -0.25) is 14.9 Å². The number of alkyl halides is 1. The van der Waals surface area contributed by atoms with Gasteiger partial charge in [-0.15, -0.1) is 0 Å². The first-order valence-corrected chi connectivity index (χ1v) is 11.2. The number of pyridine rings is 1. The predicted octanol–water partition coefficient (Wildman–Crippen LogP) is 5.06. The summed E-state index contributed by atoms with van der Waals surface area (Å²) in [5, 5.41) is 16.5. The number of aromatic nitrogens is 3. The van der Waals surface area contributed by atoms with E-state index in [1.54, 1.807) is 7.05 Å². The van der Waals surface area contributed by atoms with Crippen molar-refractivity contribution < 1.29 is 22.7 Å². The lowest BCUT2D eigenvalue weighted by Gasteiger charge is -2.20. The maximum atomic E-state index is 15.4. The topological polar surface area (TPSA) is 94.9 Å². The standard InChI is InChI=1S/C26H20F3N5O2/c1-34(13-17-11-31-22(9-27)20-12-32-33-25(17)20)26(35)16-7-21(29)24(23(8-16)36-19-2-3-19)15-4-14(10-30)5-18(28)6-15/h4-8,11-12,19H,2-3,9,13H2,1H3,(H,32,33). The summed E-state index contributed by atoms with van der Waals surface area (Å²) < 4.78 is 48.6. The van der Waals surface area contributed by atoms with Gasteiger partial charge in [0.05, 0.1) is 40.7 Å². The van der Waals surface area contributed by atoms with Gasteiger partial charge >= 0.3 is 0 Å². The zero-order chi connectivity index (χ0) is 25.4. The van der Waals surface area contributed by atoms with E-state index in [9.17, 15) is 18.8 Å². The number of nitriles is 1. The van der Waals surface area contributed by atoms with Gasteiger partial charge in [-0.1, -0.05) is 0 Å². The highest BCUT2D eigenvalue weighted by Crippen LogP contribution is 2.38. The zero-order valence-corrected chi connectivity index (χ0v) is 19.2. The molecule has 0 aliphatic heterocycles. The third-order valence-electron chi connectivity index (χ3n) is 5.96. The second kappa shape index (κ2) is 9.34. The lowest BCUT2D eigenvalue weighted by atomic mass is 9.99. The van der Waals surface area contributed by atoms with Gasteiger partial charge in [-0.25, -0.2) is 13.2 Å². The number of nitrogens with one attached hydrogen (secondary N) is 1. The van der Waals surface area contributed by atoms with E-state index in [1.807, 2.05) is 6.07 Å². The number of nitrogens with zero attached hydrogens (tertiary/aromatic N) is 4. The van der Waals surface area contributed by atoms with Crippen molar-refractivity contribution in [3.8, 4) is 22.9 Å². The first-order chi connectivity index (χ1) is 17.4. The summed E-state index contributed by atoms with van der Waals surface area (Å²) in [6.45, 7) is -0.643. The lowest BCUT2D eigenvalue weighted by Crippen LogP contribution is -2.26. The summed E-state index contributed by atoms with van der Waals surface area (Å²) in [7, 11) is 1.55. The first kappa shape index (κ1) is 23.4. The number of carbonyl (C=O) groups is 1. The summed E-state index contributed by atoms with van der Waals surface area (Å²) in [5.74, 6) is -1.84. The van der Waals surface area contributed by atoms with Gasteiger partial charge in [0, 0.05) is 36.3 Å². The van der Waals surface area contributed by atoms with Crippen LogP contribution in [0.15, 0.2) is 42.7 Å². The Morgan fingerprint density at radius 3 is 2.75 bits per heavy atom. The summed E-state index contributed by atoms with van der Waals surface area (Å²) in [6, 6.07) is 7.91. The molecule has 0 radical (unpaired) electrons. The molecule has 0 saturated heterocycles. The number of benzene rings is 2. The van der Waals surface area contributed by atoms with E-state index in [4.69, 9.17) is 4.74 Å². The maximum Gasteiger partial charge on any atom is 0.254 e. The molecule has 0 bridgehead atoms. The minimum atomic E-state index is -0.774. The van der Waals surface area contributed by atoms with Crippen molar-refractivity contribution in [2.75, 3.05) is 7.05 Å². The molecule has 2 aromatic carbocycles. The van der Waals surface area contributed by atoms with Gasteiger partial charge in [0.1, 0.15) is 24.1 Å². The molecule has 0 atom stereocenters. The van der Waals surface area contributed by atoms with Gasteiger partial charge in [0.15, 0.2) is 0 Å². The molecule has 1 N–H and O–H groups in total. The Hall–Kier alpha value is -4.39. The largest absolute Gasteiger partial charge is 0.490 e. The van der Waals surface area contributed by atoms with E-state index in [2.05, 4.69) is 15.2 Å². The second-order valence-corrected chi connectivity index (χ2v) is 8.67. The monoisotopic (exact) mass is 491 g/mol. The Kier molecular flexibility index (Phi) is 6.06. The Morgan fingerprint density at radius 1 is 1.22 bits per heavy atom. The van der Waals surface area contributed by atoms with Crippen molar-refractivity contribution >= 4 is 16.8 Å². The highest BCUT2D eigenvalue weighted by atomic mass is 19.1. The molecule has 1 aliphatic carbocycles. The fraction of sp³-hybridized carbons (Fsp3) is 0.231. The average molecular weight is 491 g/mol. The van der Waals surface area contributed by atoms with Gasteiger partial charge in [-0.05, 0) is 48.7 Å². The van der Waals surface area contributed by atoms with Crippen LogP contribution in [0.2, 0.25) is 0 Å². The van der Waals surface area contributed by atoms with Crippen LogP contribution in [0.3, 0.4) is 0 Å². The Labute approximate surface area is 204 Å². The number of hydrogen-bond donors (Lipinski definition) is 1. The van der Waals surface area contributed by atoms with Crippen LogP contribution in [0.5, 0.6) is 5.75 Å². The number of fused-ring (bicyclic) bond motifs is 1. The van der Waals surface area contributed by atoms with Gasteiger partial charge in [0.2, 0.25) is 0 Å². The van der Waals surface area contributed by atoms with Crippen LogP contribution in [0, 0.1) is 23.0 Å². The quantitative estimate of drug-likeness (QED) is 0.390. The van der Waals surface area contributed by atoms with Crippen molar-refractivity contribution in [2.24, 2.45) is 0 Å². The van der Waals surface area contributed by atoms with Crippen molar-refractivity contribution in [1.82, 2.24) is 20.1 Å². The van der Waals surface area contributed by atoms with Crippen molar-refractivity contribution in [3.63, 3.8) is 0 Å². The predicted molar refractivity (Wildman–Crippen MR) is 125 cm³/mol. The molecule has 182 valence electrons. The fourth-order valence-corrected chi connectivity index (χ4v) is 4.06. The number of rotatable bonds is 7. The molecule has 1 aliphatic rings. The molecule has 1 saturated carbocycles. The number of halogens is 3. The molecule has 0 unspecified atom stereocenters. The van der Waals surface area contributed by atoms with E-state index < -0.39 is 24.2 Å². The maximum absolute atomic E-state index is 15.4. The molecular formula is C26H20F3N5O2. The summed E-state index contributed by atoms with van der Waals surface area (Å²) in [6.07, 6.45) is 4.40. The smallest absolute Gasteiger partial charge is 0.254 e. The Morgan fingerprint density at radius 2 is 2.03 bits per heavy atom. The van der Waals surface area contributed by atoms with Crippen molar-refractivity contribution in [1.29, 1.82) is 5.26 Å². The Bertz CT molecular complexity index is 1520. The van der Waals surface area contributed by atoms with Crippen LogP contribution in [0.25, 0.3) is 22.0 Å². The van der Waals surface area contributed by atoms with E-state index in [0.29, 0.717) is 16.5 Å². The Balaban J connectivity index is 1.49. The van der Waals surface area contributed by atoms with Gasteiger partial charge < -0.3 is 9.64 Å². The van der Waals surface area contributed by atoms with Gasteiger partial charge in [0.25, 0.3) is 5.91 Å². The van der Waals surface area contributed by atoms with Crippen molar-refractivity contribution in [3.05, 3.63) is 76.7 Å². The molecule has 2 aromatic heterocycles. The van der Waals surface area contributed by atoms with E-state index in [-0.39, 0.29) is 46.3 Å². The van der Waals surface area contributed by atoms with E-state index >= 15 is 4.39 Å². The SMILES string of the molecule is CN(Cc1cnc(CF)c2cn[nH]c12)C(=O)c1cc(F)c(-c2cc(F)cc(C#N)c2)c(OC2CC2)c1. The van der Waals surface area contributed by atoms with Crippen LogP contribution >= 0.6 is 0 Å². The van der Waals surface area contributed by atoms with E-state index in [1.165, 1.54) is 29.4 Å². The van der Waals surface area contributed by atoms with Crippen LogP contribution in [-0.4, -0.2) is 39.1 Å². The number of amides is 1. The number of aromatic amines is 1. The third-order valence-corrected chi connectivity index (χ3v) is 5.96. The minimum Gasteiger partial charge on any atom is -0.490 e. The minimum absolute atomic E-state index is 0.0118. The van der Waals surface area contributed by atoms with Crippen LogP contribution < -0.4 is 4.74 Å². The third kappa shape index (κ3) is 4.47. The summed E-state index contributed by atoms with van der Waals surface area (Å²) in [5.41, 5.74) is 1.64. The average Bonchev–Trinajstić information content (AvgIpc) is 3.53. The number of hydrogen-bond acceptors (Lipinski definition) is 5. The molecule has 1 fully saturated rings. The molecule has 1 amide bonds. The summed E-state index contributed by atoms with van der Waals surface area (Å²) >= 11 is 0. The number of ether oxygens (including phenoxy) is 1. The lowest BCUT2D eigenvalue weighted by molar-refractivity contribution is 0.0784. The molecule has 4 aromatic rings. The molecule has 10 heteroatoms. The normalized spacial score (nSPS) is 13.0. The van der Waals surface area contributed by atoms with E-state index in [0.717, 1.165) is 31.0 Å². The molecule has 36 heavy (non-hydrogen) atoms. The number of H-pyrrole nitrogens is 1. The second-order valence-electron chi connectivity index (χ2n) is 8.67. The van der Waals surface area contributed by atoms with Crippen LogP contribution in [-0.2, 0) is 13.2 Å². The van der Waals surface area contributed by atoms with Crippen molar-refractivity contribution in [2.45, 2.75) is 32.2 Å².